The first kappa shape index (κ1) is 22.9. The lowest BCUT2D eigenvalue weighted by Crippen LogP contribution is -2.44. The predicted molar refractivity (Wildman–Crippen MR) is 104 cm³/mol. The van der Waals surface area contributed by atoms with Gasteiger partial charge in [-0.2, -0.15) is 13.4 Å². The van der Waals surface area contributed by atoms with Gasteiger partial charge in [-0.05, 0) is 18.1 Å². The molecule has 9 nitrogen and oxygen atoms in total. The molecule has 0 bridgehead atoms. The first-order valence-corrected chi connectivity index (χ1v) is 13.5. The fourth-order valence-corrected chi connectivity index (χ4v) is 4.18. The van der Waals surface area contributed by atoms with Crippen LogP contribution in [0.2, 0.25) is 18.1 Å². The van der Waals surface area contributed by atoms with Gasteiger partial charge < -0.3 is 14.9 Å². The third kappa shape index (κ3) is 5.38. The fourth-order valence-electron chi connectivity index (χ4n) is 2.52. The van der Waals surface area contributed by atoms with Gasteiger partial charge in [-0.1, -0.05) is 20.8 Å². The van der Waals surface area contributed by atoms with Crippen molar-refractivity contribution in [3.8, 4) is 0 Å². The van der Waals surface area contributed by atoms with Gasteiger partial charge in [-0.15, -0.1) is 0 Å². The normalized spacial score (nSPS) is 23.9. The molecule has 0 radical (unpaired) electrons. The fraction of sp³-hybridized carbons (Fsp3) is 0.750. The molecule has 0 unspecified atom stereocenters. The molecule has 3 atom stereocenters. The Morgan fingerprint density at radius 3 is 2.57 bits per heavy atom. The predicted octanol–water partition coefficient (Wildman–Crippen LogP) is 1.62. The molecule has 1 aliphatic heterocycles. The van der Waals surface area contributed by atoms with Crippen molar-refractivity contribution in [2.45, 2.75) is 63.8 Å². The Morgan fingerprint density at radius 2 is 2.04 bits per heavy atom. The molecular formula is C16H28FN3O6SSi. The molecule has 0 amide bonds. The summed E-state index contributed by atoms with van der Waals surface area (Å²) in [5, 5.41) is -0.0564. The molecule has 2 heterocycles. The number of halogens is 1. The summed E-state index contributed by atoms with van der Waals surface area (Å²) >= 11 is 0. The molecule has 1 saturated heterocycles. The molecule has 0 aliphatic carbocycles. The summed E-state index contributed by atoms with van der Waals surface area (Å²) in [6.07, 6.45) is -0.732. The minimum absolute atomic E-state index is 0.0174. The van der Waals surface area contributed by atoms with Gasteiger partial charge in [0.25, 0.3) is 10.1 Å². The molecule has 0 spiro atoms. The summed E-state index contributed by atoms with van der Waals surface area (Å²) in [7, 11) is -5.91. The van der Waals surface area contributed by atoms with Crippen molar-refractivity contribution in [1.82, 2.24) is 9.55 Å². The van der Waals surface area contributed by atoms with Crippen molar-refractivity contribution in [2.24, 2.45) is 0 Å². The molecule has 2 N–H and O–H groups in total. The summed E-state index contributed by atoms with van der Waals surface area (Å²) in [5.41, 5.74) is 4.50. The first-order chi connectivity index (χ1) is 12.6. The maximum Gasteiger partial charge on any atom is 0.351 e. The second kappa shape index (κ2) is 7.82. The van der Waals surface area contributed by atoms with E-state index in [4.69, 9.17) is 19.1 Å². The molecule has 1 aromatic heterocycles. The average molecular weight is 438 g/mol. The van der Waals surface area contributed by atoms with Crippen LogP contribution in [0.1, 0.15) is 33.4 Å². The molecule has 0 saturated carbocycles. The minimum atomic E-state index is -3.77. The van der Waals surface area contributed by atoms with E-state index in [1.807, 2.05) is 0 Å². The van der Waals surface area contributed by atoms with Gasteiger partial charge in [0, 0.05) is 6.42 Å². The van der Waals surface area contributed by atoms with E-state index in [0.717, 1.165) is 17.0 Å². The van der Waals surface area contributed by atoms with Gasteiger partial charge >= 0.3 is 5.69 Å². The number of nitrogen functional groups attached to an aromatic ring is 1. The Bertz CT molecular complexity index is 883. The minimum Gasteiger partial charge on any atom is -0.414 e. The van der Waals surface area contributed by atoms with E-state index in [1.165, 1.54) is 0 Å². The van der Waals surface area contributed by atoms with Crippen LogP contribution in [0.15, 0.2) is 11.0 Å². The van der Waals surface area contributed by atoms with Crippen molar-refractivity contribution in [3.63, 3.8) is 0 Å². The van der Waals surface area contributed by atoms with Crippen LogP contribution >= 0.6 is 0 Å². The van der Waals surface area contributed by atoms with E-state index in [2.05, 4.69) is 38.8 Å². The molecule has 1 aliphatic rings. The summed E-state index contributed by atoms with van der Waals surface area (Å²) in [6, 6.07) is 0. The second-order valence-corrected chi connectivity index (χ2v) is 14.8. The van der Waals surface area contributed by atoms with Gasteiger partial charge in [-0.3, -0.25) is 8.75 Å². The highest BCUT2D eigenvalue weighted by Crippen LogP contribution is 2.38. The van der Waals surface area contributed by atoms with E-state index in [1.54, 1.807) is 0 Å². The quantitative estimate of drug-likeness (QED) is 0.526. The Morgan fingerprint density at radius 1 is 1.43 bits per heavy atom. The number of nitrogens with zero attached hydrogens (tertiary/aromatic N) is 2. The van der Waals surface area contributed by atoms with Gasteiger partial charge in [0.1, 0.15) is 18.4 Å². The van der Waals surface area contributed by atoms with Crippen LogP contribution in [0.25, 0.3) is 0 Å². The zero-order valence-corrected chi connectivity index (χ0v) is 18.7. The van der Waals surface area contributed by atoms with E-state index in [-0.39, 0.29) is 18.1 Å². The van der Waals surface area contributed by atoms with E-state index in [0.29, 0.717) is 0 Å². The van der Waals surface area contributed by atoms with E-state index in [9.17, 15) is 17.6 Å². The maximum atomic E-state index is 13.8. The second-order valence-electron chi connectivity index (χ2n) is 8.44. The Balaban J connectivity index is 2.25. The molecular weight excluding hydrogens is 409 g/mol. The summed E-state index contributed by atoms with van der Waals surface area (Å²) in [4.78, 5) is 15.5. The van der Waals surface area contributed by atoms with Crippen LogP contribution in [-0.4, -0.2) is 51.4 Å². The first-order valence-electron chi connectivity index (χ1n) is 8.82. The van der Waals surface area contributed by atoms with Crippen LogP contribution in [0.5, 0.6) is 0 Å². The molecule has 28 heavy (non-hydrogen) atoms. The SMILES string of the molecule is CC(C)(C)[Si](C)(C)OC[C@@H]1O[C@H](n2cc(F)c(N)nc2=O)C[C@@H]1OS(C)(=O)=O. The van der Waals surface area contributed by atoms with E-state index < -0.39 is 54.2 Å². The number of anilines is 1. The highest BCUT2D eigenvalue weighted by Gasteiger charge is 2.43. The lowest BCUT2D eigenvalue weighted by atomic mass is 10.2. The monoisotopic (exact) mass is 437 g/mol. The van der Waals surface area contributed by atoms with Crippen molar-refractivity contribution >= 4 is 24.3 Å². The largest absolute Gasteiger partial charge is 0.414 e. The topological polar surface area (TPSA) is 123 Å². The van der Waals surface area contributed by atoms with Gasteiger partial charge in [0.05, 0.1) is 19.1 Å². The third-order valence-electron chi connectivity index (χ3n) is 5.14. The molecule has 1 aromatic rings. The van der Waals surface area contributed by atoms with Crippen LogP contribution in [-0.2, 0) is 23.5 Å². The number of ether oxygens (including phenoxy) is 1. The maximum absolute atomic E-state index is 13.8. The van der Waals surface area contributed by atoms with Crippen molar-refractivity contribution < 1.29 is 26.2 Å². The zero-order chi connectivity index (χ0) is 21.5. The molecule has 2 rings (SSSR count). The smallest absolute Gasteiger partial charge is 0.351 e. The zero-order valence-electron chi connectivity index (χ0n) is 16.9. The van der Waals surface area contributed by atoms with Gasteiger partial charge in [0.15, 0.2) is 20.0 Å². The highest BCUT2D eigenvalue weighted by molar-refractivity contribution is 7.86. The summed E-state index contributed by atoms with van der Waals surface area (Å²) in [6.45, 7) is 10.4. The van der Waals surface area contributed by atoms with Crippen LogP contribution < -0.4 is 11.4 Å². The Kier molecular flexibility index (Phi) is 6.41. The van der Waals surface area contributed by atoms with Crippen LogP contribution in [0, 0.1) is 5.82 Å². The lowest BCUT2D eigenvalue weighted by Gasteiger charge is -2.37. The lowest BCUT2D eigenvalue weighted by molar-refractivity contribution is -0.0389. The third-order valence-corrected chi connectivity index (χ3v) is 10.2. The van der Waals surface area contributed by atoms with Gasteiger partial charge in [0.2, 0.25) is 0 Å². The van der Waals surface area contributed by atoms with Crippen molar-refractivity contribution in [3.05, 3.63) is 22.5 Å². The molecule has 160 valence electrons. The summed E-state index contributed by atoms with van der Waals surface area (Å²) in [5.74, 6) is -1.38. The average Bonchev–Trinajstić information content (AvgIpc) is 2.88. The number of rotatable bonds is 6. The number of hydrogen-bond acceptors (Lipinski definition) is 8. The number of nitrogens with two attached hydrogens (primary N) is 1. The number of aromatic nitrogens is 2. The molecule has 12 heteroatoms. The van der Waals surface area contributed by atoms with Crippen LogP contribution in [0.3, 0.4) is 0 Å². The standard InChI is InChI=1S/C16H28FN3O6SSi/c1-16(2,3)28(5,6)24-9-12-11(26-27(4,22)23)7-13(25-12)20-8-10(17)14(18)19-15(20)21/h8,11-13H,7,9H2,1-6H3,(H2,18,19,21)/t11-,12-,13-/m0/s1. The van der Waals surface area contributed by atoms with Crippen molar-refractivity contribution in [1.29, 1.82) is 0 Å². The Labute approximate surface area is 165 Å². The van der Waals surface area contributed by atoms with E-state index >= 15 is 0 Å². The molecule has 0 aromatic carbocycles. The number of hydrogen-bond donors (Lipinski definition) is 1. The highest BCUT2D eigenvalue weighted by atomic mass is 32.2. The molecule has 1 fully saturated rings. The van der Waals surface area contributed by atoms with Crippen molar-refractivity contribution in [2.75, 3.05) is 18.6 Å². The van der Waals surface area contributed by atoms with Gasteiger partial charge in [-0.25, -0.2) is 9.18 Å². The Hall–Kier alpha value is -1.34. The summed E-state index contributed by atoms with van der Waals surface area (Å²) < 4.78 is 55.0. The van der Waals surface area contributed by atoms with Crippen LogP contribution in [0.4, 0.5) is 10.2 Å².